The molecule has 1 aliphatic carbocycles. The van der Waals surface area contributed by atoms with Gasteiger partial charge in [0.05, 0.1) is 0 Å². The van der Waals surface area contributed by atoms with Crippen LogP contribution in [0, 0.1) is 12.8 Å². The number of benzene rings is 2. The fraction of sp³-hybridized carbons (Fsp3) is 0.263. The first-order valence-corrected chi connectivity index (χ1v) is 8.01. The van der Waals surface area contributed by atoms with Gasteiger partial charge in [0.25, 0.3) is 5.91 Å². The predicted molar refractivity (Wildman–Crippen MR) is 93.1 cm³/mol. The lowest BCUT2D eigenvalue weighted by molar-refractivity contribution is -0.118. The number of hydrogen-bond donors (Lipinski definition) is 2. The standard InChI is InChI=1S/C19H20N2O3/c1-13-4-2-3-5-17(13)24-12-18(22)20-15-8-10-16(11-9-15)21-19(23)14-6-7-14/h2-5,8-11,14H,6-7,12H2,1H3,(H,20,22)(H,21,23). The third-order valence-corrected chi connectivity index (χ3v) is 3.84. The van der Waals surface area contributed by atoms with Crippen molar-refractivity contribution in [2.24, 2.45) is 5.92 Å². The van der Waals surface area contributed by atoms with E-state index in [9.17, 15) is 9.59 Å². The molecule has 2 amide bonds. The van der Waals surface area contributed by atoms with Gasteiger partial charge in [0.2, 0.25) is 5.91 Å². The van der Waals surface area contributed by atoms with Gasteiger partial charge in [-0.15, -0.1) is 0 Å². The molecule has 0 aromatic heterocycles. The van der Waals surface area contributed by atoms with Gasteiger partial charge in [0, 0.05) is 17.3 Å². The Morgan fingerprint density at radius 2 is 1.62 bits per heavy atom. The molecule has 3 rings (SSSR count). The Morgan fingerprint density at radius 3 is 2.25 bits per heavy atom. The summed E-state index contributed by atoms with van der Waals surface area (Å²) in [6.45, 7) is 1.88. The molecule has 124 valence electrons. The van der Waals surface area contributed by atoms with Crippen molar-refractivity contribution in [3.05, 3.63) is 54.1 Å². The van der Waals surface area contributed by atoms with Gasteiger partial charge >= 0.3 is 0 Å². The number of amides is 2. The molecule has 1 fully saturated rings. The highest BCUT2D eigenvalue weighted by molar-refractivity contribution is 5.95. The number of hydrogen-bond acceptors (Lipinski definition) is 3. The van der Waals surface area contributed by atoms with Crippen LogP contribution >= 0.6 is 0 Å². The minimum absolute atomic E-state index is 0.0506. The van der Waals surface area contributed by atoms with Crippen LogP contribution in [0.5, 0.6) is 5.75 Å². The van der Waals surface area contributed by atoms with Crippen LogP contribution in [0.25, 0.3) is 0 Å². The first-order chi connectivity index (χ1) is 11.6. The zero-order valence-electron chi connectivity index (χ0n) is 13.5. The monoisotopic (exact) mass is 324 g/mol. The zero-order valence-corrected chi connectivity index (χ0v) is 13.5. The summed E-state index contributed by atoms with van der Waals surface area (Å²) in [4.78, 5) is 23.6. The van der Waals surface area contributed by atoms with Crippen molar-refractivity contribution in [2.75, 3.05) is 17.2 Å². The van der Waals surface area contributed by atoms with Crippen LogP contribution in [0.15, 0.2) is 48.5 Å². The summed E-state index contributed by atoms with van der Waals surface area (Å²) >= 11 is 0. The van der Waals surface area contributed by atoms with E-state index >= 15 is 0 Å². The van der Waals surface area contributed by atoms with Crippen LogP contribution in [0.2, 0.25) is 0 Å². The molecule has 24 heavy (non-hydrogen) atoms. The lowest BCUT2D eigenvalue weighted by atomic mass is 10.2. The molecule has 5 nitrogen and oxygen atoms in total. The molecule has 0 atom stereocenters. The first kappa shape index (κ1) is 16.1. The van der Waals surface area contributed by atoms with Crippen LogP contribution in [0.4, 0.5) is 11.4 Å². The Kier molecular flexibility index (Phi) is 4.79. The van der Waals surface area contributed by atoms with Gasteiger partial charge in [-0.25, -0.2) is 0 Å². The first-order valence-electron chi connectivity index (χ1n) is 8.01. The maximum Gasteiger partial charge on any atom is 0.262 e. The zero-order chi connectivity index (χ0) is 16.9. The van der Waals surface area contributed by atoms with Crippen molar-refractivity contribution in [3.63, 3.8) is 0 Å². The Hall–Kier alpha value is -2.82. The Balaban J connectivity index is 1.49. The minimum atomic E-state index is -0.229. The highest BCUT2D eigenvalue weighted by atomic mass is 16.5. The largest absolute Gasteiger partial charge is 0.483 e. The fourth-order valence-corrected chi connectivity index (χ4v) is 2.29. The lowest BCUT2D eigenvalue weighted by Crippen LogP contribution is -2.20. The van der Waals surface area contributed by atoms with Crippen molar-refractivity contribution in [2.45, 2.75) is 19.8 Å². The Morgan fingerprint density at radius 1 is 1.00 bits per heavy atom. The van der Waals surface area contributed by atoms with Gasteiger partial charge in [-0.1, -0.05) is 18.2 Å². The number of carbonyl (C=O) groups is 2. The topological polar surface area (TPSA) is 67.4 Å². The van der Waals surface area contributed by atoms with Crippen LogP contribution in [-0.2, 0) is 9.59 Å². The summed E-state index contributed by atoms with van der Waals surface area (Å²) in [6, 6.07) is 14.6. The average molecular weight is 324 g/mol. The van der Waals surface area contributed by atoms with Crippen LogP contribution in [0.1, 0.15) is 18.4 Å². The molecule has 2 N–H and O–H groups in total. The van der Waals surface area contributed by atoms with E-state index in [2.05, 4.69) is 10.6 Å². The second kappa shape index (κ2) is 7.17. The number of anilines is 2. The second-order valence-electron chi connectivity index (χ2n) is 5.94. The summed E-state index contributed by atoms with van der Waals surface area (Å²) in [5.74, 6) is 0.709. The lowest BCUT2D eigenvalue weighted by Gasteiger charge is -2.10. The number of nitrogens with one attached hydrogen (secondary N) is 2. The Bertz CT molecular complexity index is 737. The molecule has 0 radical (unpaired) electrons. The van der Waals surface area contributed by atoms with Gasteiger partial charge in [-0.05, 0) is 55.7 Å². The minimum Gasteiger partial charge on any atom is -0.483 e. The molecule has 0 bridgehead atoms. The van der Waals surface area contributed by atoms with E-state index in [0.29, 0.717) is 11.4 Å². The van der Waals surface area contributed by atoms with Crippen molar-refractivity contribution < 1.29 is 14.3 Å². The van der Waals surface area contributed by atoms with E-state index in [1.165, 1.54) is 0 Å². The maximum absolute atomic E-state index is 12.0. The Labute approximate surface area is 141 Å². The molecule has 2 aromatic carbocycles. The molecule has 5 heteroatoms. The molecular formula is C19H20N2O3. The van der Waals surface area contributed by atoms with Gasteiger partial charge in [0.15, 0.2) is 6.61 Å². The van der Waals surface area contributed by atoms with Crippen LogP contribution in [-0.4, -0.2) is 18.4 Å². The molecule has 0 spiro atoms. The summed E-state index contributed by atoms with van der Waals surface area (Å²) in [7, 11) is 0. The van der Waals surface area contributed by atoms with Crippen molar-refractivity contribution in [1.29, 1.82) is 0 Å². The molecule has 1 saturated carbocycles. The van der Waals surface area contributed by atoms with E-state index in [4.69, 9.17) is 4.74 Å². The second-order valence-corrected chi connectivity index (χ2v) is 5.94. The fourth-order valence-electron chi connectivity index (χ4n) is 2.29. The molecule has 1 aliphatic rings. The van der Waals surface area contributed by atoms with Crippen LogP contribution in [0.3, 0.4) is 0 Å². The highest BCUT2D eigenvalue weighted by Gasteiger charge is 2.29. The van der Waals surface area contributed by atoms with E-state index < -0.39 is 0 Å². The van der Waals surface area contributed by atoms with Crippen molar-refractivity contribution in [1.82, 2.24) is 0 Å². The number of para-hydroxylation sites is 1. The molecular weight excluding hydrogens is 304 g/mol. The van der Waals surface area contributed by atoms with E-state index in [-0.39, 0.29) is 24.3 Å². The third-order valence-electron chi connectivity index (χ3n) is 3.84. The quantitative estimate of drug-likeness (QED) is 0.856. The van der Waals surface area contributed by atoms with Crippen molar-refractivity contribution in [3.8, 4) is 5.75 Å². The summed E-state index contributed by atoms with van der Waals surface area (Å²) < 4.78 is 5.51. The summed E-state index contributed by atoms with van der Waals surface area (Å²) in [6.07, 6.45) is 1.95. The summed E-state index contributed by atoms with van der Waals surface area (Å²) in [5.41, 5.74) is 2.39. The van der Waals surface area contributed by atoms with Gasteiger partial charge in [-0.3, -0.25) is 9.59 Å². The van der Waals surface area contributed by atoms with Crippen LogP contribution < -0.4 is 15.4 Å². The normalized spacial score (nSPS) is 13.2. The molecule has 0 aliphatic heterocycles. The molecule has 0 saturated heterocycles. The number of rotatable bonds is 6. The molecule has 0 heterocycles. The van der Waals surface area contributed by atoms with Crippen molar-refractivity contribution >= 4 is 23.2 Å². The number of carbonyl (C=O) groups excluding carboxylic acids is 2. The maximum atomic E-state index is 12.0. The SMILES string of the molecule is Cc1ccccc1OCC(=O)Nc1ccc(NC(=O)C2CC2)cc1. The van der Waals surface area contributed by atoms with E-state index in [1.807, 2.05) is 31.2 Å². The highest BCUT2D eigenvalue weighted by Crippen LogP contribution is 2.30. The number of ether oxygens (including phenoxy) is 1. The molecule has 2 aromatic rings. The third kappa shape index (κ3) is 4.35. The van der Waals surface area contributed by atoms with E-state index in [1.54, 1.807) is 24.3 Å². The van der Waals surface area contributed by atoms with E-state index in [0.717, 1.165) is 24.1 Å². The molecule has 0 unspecified atom stereocenters. The predicted octanol–water partition coefficient (Wildman–Crippen LogP) is 3.36. The number of aryl methyl sites for hydroxylation is 1. The smallest absolute Gasteiger partial charge is 0.262 e. The van der Waals surface area contributed by atoms with Gasteiger partial charge < -0.3 is 15.4 Å². The van der Waals surface area contributed by atoms with Gasteiger partial charge in [0.1, 0.15) is 5.75 Å². The summed E-state index contributed by atoms with van der Waals surface area (Å²) in [5, 5.41) is 5.63. The average Bonchev–Trinajstić information content (AvgIpc) is 3.41. The van der Waals surface area contributed by atoms with Gasteiger partial charge in [-0.2, -0.15) is 0 Å².